The normalized spacial score (nSPS) is 12.2. The molecule has 0 N–H and O–H groups in total. The SMILES string of the molecule is CC(=O)O[C@H](C)c1csc(-c2cccc(C)c2)n1. The van der Waals surface area contributed by atoms with Crippen molar-refractivity contribution >= 4 is 17.3 Å². The molecule has 2 aromatic rings. The van der Waals surface area contributed by atoms with E-state index in [1.165, 1.54) is 12.5 Å². The number of hydrogen-bond donors (Lipinski definition) is 0. The van der Waals surface area contributed by atoms with E-state index in [0.717, 1.165) is 16.3 Å². The first-order valence-electron chi connectivity index (χ1n) is 5.76. The largest absolute Gasteiger partial charge is 0.456 e. The van der Waals surface area contributed by atoms with Crippen molar-refractivity contribution in [2.45, 2.75) is 26.9 Å². The Morgan fingerprint density at radius 2 is 2.22 bits per heavy atom. The first-order valence-corrected chi connectivity index (χ1v) is 6.64. The molecular formula is C14H15NO2S. The van der Waals surface area contributed by atoms with E-state index in [2.05, 4.69) is 24.0 Å². The number of rotatable bonds is 3. The van der Waals surface area contributed by atoms with Crippen LogP contribution < -0.4 is 0 Å². The minimum atomic E-state index is -0.294. The van der Waals surface area contributed by atoms with Gasteiger partial charge in [-0.3, -0.25) is 4.79 Å². The molecule has 94 valence electrons. The van der Waals surface area contributed by atoms with Gasteiger partial charge in [0.25, 0.3) is 0 Å². The van der Waals surface area contributed by atoms with Crippen LogP contribution in [0.3, 0.4) is 0 Å². The first-order chi connectivity index (χ1) is 8.56. The number of benzene rings is 1. The van der Waals surface area contributed by atoms with E-state index in [1.807, 2.05) is 24.4 Å². The van der Waals surface area contributed by atoms with Crippen LogP contribution in [0.25, 0.3) is 10.6 Å². The molecule has 0 unspecified atom stereocenters. The molecule has 1 heterocycles. The molecule has 2 rings (SSSR count). The summed E-state index contributed by atoms with van der Waals surface area (Å²) in [6.07, 6.45) is -0.294. The van der Waals surface area contributed by atoms with Crippen LogP contribution in [0.1, 0.15) is 31.2 Å². The first kappa shape index (κ1) is 12.8. The van der Waals surface area contributed by atoms with E-state index >= 15 is 0 Å². The Morgan fingerprint density at radius 3 is 2.89 bits per heavy atom. The molecule has 1 aromatic carbocycles. The molecule has 1 aromatic heterocycles. The number of carbonyl (C=O) groups excluding carboxylic acids is 1. The molecule has 0 saturated heterocycles. The Morgan fingerprint density at radius 1 is 1.44 bits per heavy atom. The van der Waals surface area contributed by atoms with Gasteiger partial charge in [0.1, 0.15) is 11.1 Å². The van der Waals surface area contributed by atoms with Crippen molar-refractivity contribution in [1.29, 1.82) is 0 Å². The van der Waals surface area contributed by atoms with Gasteiger partial charge in [-0.15, -0.1) is 11.3 Å². The molecule has 0 fully saturated rings. The van der Waals surface area contributed by atoms with E-state index in [4.69, 9.17) is 4.74 Å². The summed E-state index contributed by atoms with van der Waals surface area (Å²) in [5.41, 5.74) is 3.10. The quantitative estimate of drug-likeness (QED) is 0.790. The third-order valence-corrected chi connectivity index (χ3v) is 3.46. The molecule has 1 atom stereocenters. The Kier molecular flexibility index (Phi) is 3.77. The number of ether oxygens (including phenoxy) is 1. The van der Waals surface area contributed by atoms with Crippen molar-refractivity contribution in [2.75, 3.05) is 0 Å². The summed E-state index contributed by atoms with van der Waals surface area (Å²) in [6, 6.07) is 8.20. The lowest BCUT2D eigenvalue weighted by Gasteiger charge is -2.08. The predicted molar refractivity (Wildman–Crippen MR) is 72.5 cm³/mol. The van der Waals surface area contributed by atoms with Gasteiger partial charge in [0.2, 0.25) is 0 Å². The molecule has 0 aliphatic carbocycles. The van der Waals surface area contributed by atoms with Gasteiger partial charge in [-0.2, -0.15) is 0 Å². The Bertz CT molecular complexity index is 562. The highest BCUT2D eigenvalue weighted by Gasteiger charge is 2.13. The molecule has 3 nitrogen and oxygen atoms in total. The van der Waals surface area contributed by atoms with Crippen LogP contribution in [0.15, 0.2) is 29.6 Å². The molecular weight excluding hydrogens is 246 g/mol. The summed E-state index contributed by atoms with van der Waals surface area (Å²) in [4.78, 5) is 15.4. The summed E-state index contributed by atoms with van der Waals surface area (Å²) in [5, 5.41) is 2.89. The summed E-state index contributed by atoms with van der Waals surface area (Å²) >= 11 is 1.56. The van der Waals surface area contributed by atoms with Crippen molar-refractivity contribution in [2.24, 2.45) is 0 Å². The van der Waals surface area contributed by atoms with Crippen LogP contribution in [0, 0.1) is 6.92 Å². The smallest absolute Gasteiger partial charge is 0.303 e. The maximum absolute atomic E-state index is 10.9. The lowest BCUT2D eigenvalue weighted by Crippen LogP contribution is -2.04. The number of hydrogen-bond acceptors (Lipinski definition) is 4. The fourth-order valence-electron chi connectivity index (χ4n) is 1.69. The molecule has 0 amide bonds. The van der Waals surface area contributed by atoms with Gasteiger partial charge in [-0.05, 0) is 19.9 Å². The van der Waals surface area contributed by atoms with Crippen molar-refractivity contribution in [3.63, 3.8) is 0 Å². The summed E-state index contributed by atoms with van der Waals surface area (Å²) in [5.74, 6) is -0.285. The minimum Gasteiger partial charge on any atom is -0.456 e. The van der Waals surface area contributed by atoms with Crippen LogP contribution in [-0.2, 0) is 9.53 Å². The molecule has 0 aliphatic heterocycles. The van der Waals surface area contributed by atoms with Crippen LogP contribution in [-0.4, -0.2) is 11.0 Å². The zero-order chi connectivity index (χ0) is 13.1. The standard InChI is InChI=1S/C14H15NO2S/c1-9-5-4-6-12(7-9)14-15-13(8-18-14)10(2)17-11(3)16/h4-8,10H,1-3H3/t10-/m1/s1. The fraction of sp³-hybridized carbons (Fsp3) is 0.286. The number of aryl methyl sites for hydroxylation is 1. The number of nitrogens with zero attached hydrogens (tertiary/aromatic N) is 1. The van der Waals surface area contributed by atoms with Crippen molar-refractivity contribution in [3.8, 4) is 10.6 Å². The van der Waals surface area contributed by atoms with Gasteiger partial charge in [0.05, 0.1) is 5.69 Å². The average molecular weight is 261 g/mol. The number of carbonyl (C=O) groups is 1. The summed E-state index contributed by atoms with van der Waals surface area (Å²) < 4.78 is 5.11. The highest BCUT2D eigenvalue weighted by atomic mass is 32.1. The van der Waals surface area contributed by atoms with Gasteiger partial charge >= 0.3 is 5.97 Å². The Hall–Kier alpha value is -1.68. The van der Waals surface area contributed by atoms with Gasteiger partial charge in [0.15, 0.2) is 0 Å². The molecule has 0 radical (unpaired) electrons. The van der Waals surface area contributed by atoms with E-state index < -0.39 is 0 Å². The van der Waals surface area contributed by atoms with Crippen LogP contribution in [0.2, 0.25) is 0 Å². The molecule has 18 heavy (non-hydrogen) atoms. The molecule has 4 heteroatoms. The van der Waals surface area contributed by atoms with Gasteiger partial charge in [-0.25, -0.2) is 4.98 Å². The highest BCUT2D eigenvalue weighted by molar-refractivity contribution is 7.13. The molecule has 0 spiro atoms. The third kappa shape index (κ3) is 2.96. The second-order valence-corrected chi connectivity index (χ2v) is 5.06. The lowest BCUT2D eigenvalue weighted by atomic mass is 10.1. The second-order valence-electron chi connectivity index (χ2n) is 4.20. The molecule has 0 saturated carbocycles. The van der Waals surface area contributed by atoms with E-state index in [-0.39, 0.29) is 12.1 Å². The second kappa shape index (κ2) is 5.31. The number of aromatic nitrogens is 1. The monoisotopic (exact) mass is 261 g/mol. The highest BCUT2D eigenvalue weighted by Crippen LogP contribution is 2.27. The van der Waals surface area contributed by atoms with Crippen molar-refractivity contribution in [1.82, 2.24) is 4.98 Å². The van der Waals surface area contributed by atoms with Crippen molar-refractivity contribution in [3.05, 3.63) is 40.9 Å². The third-order valence-electron chi connectivity index (χ3n) is 2.55. The topological polar surface area (TPSA) is 39.2 Å². The van der Waals surface area contributed by atoms with Crippen LogP contribution in [0.5, 0.6) is 0 Å². The fourth-order valence-corrected chi connectivity index (χ4v) is 2.59. The number of esters is 1. The van der Waals surface area contributed by atoms with E-state index in [1.54, 1.807) is 11.3 Å². The Balaban J connectivity index is 2.22. The maximum Gasteiger partial charge on any atom is 0.303 e. The number of thiazole rings is 1. The summed E-state index contributed by atoms with van der Waals surface area (Å²) in [7, 11) is 0. The zero-order valence-corrected chi connectivity index (χ0v) is 11.5. The Labute approximate surface area is 110 Å². The van der Waals surface area contributed by atoms with E-state index in [0.29, 0.717) is 0 Å². The minimum absolute atomic E-state index is 0.285. The van der Waals surface area contributed by atoms with Crippen LogP contribution in [0.4, 0.5) is 0 Å². The van der Waals surface area contributed by atoms with Crippen molar-refractivity contribution < 1.29 is 9.53 Å². The predicted octanol–water partition coefficient (Wildman–Crippen LogP) is 3.74. The lowest BCUT2D eigenvalue weighted by molar-refractivity contribution is -0.145. The maximum atomic E-state index is 10.9. The van der Waals surface area contributed by atoms with Gasteiger partial charge in [-0.1, -0.05) is 23.8 Å². The molecule has 0 aliphatic rings. The van der Waals surface area contributed by atoms with Gasteiger partial charge in [0, 0.05) is 17.9 Å². The average Bonchev–Trinajstić information content (AvgIpc) is 2.77. The van der Waals surface area contributed by atoms with E-state index in [9.17, 15) is 4.79 Å². The summed E-state index contributed by atoms with van der Waals surface area (Å²) in [6.45, 7) is 5.29. The van der Waals surface area contributed by atoms with Crippen LogP contribution >= 0.6 is 11.3 Å². The molecule has 0 bridgehead atoms. The van der Waals surface area contributed by atoms with Gasteiger partial charge < -0.3 is 4.74 Å². The zero-order valence-electron chi connectivity index (χ0n) is 10.6.